The molecule has 11 heavy (non-hydrogen) atoms. The van der Waals surface area contributed by atoms with Crippen LogP contribution < -0.4 is 5.32 Å². The van der Waals surface area contributed by atoms with Crippen molar-refractivity contribution in [1.82, 2.24) is 4.98 Å². The van der Waals surface area contributed by atoms with E-state index in [1.165, 1.54) is 0 Å². The van der Waals surface area contributed by atoms with Gasteiger partial charge in [-0.2, -0.15) is 0 Å². The van der Waals surface area contributed by atoms with E-state index in [4.69, 9.17) is 11.6 Å². The molecule has 1 rings (SSSR count). The fraction of sp³-hybridized carbons (Fsp3) is 0.250. The molecule has 0 spiro atoms. The summed E-state index contributed by atoms with van der Waals surface area (Å²) >= 11 is 6.35. The SMILES string of the molecule is CNc1nc(Cl)c([N+](=O)[O-])s1. The summed E-state index contributed by atoms with van der Waals surface area (Å²) in [6.45, 7) is 0. The van der Waals surface area contributed by atoms with Crippen LogP contribution in [0.25, 0.3) is 0 Å². The molecule has 0 saturated heterocycles. The summed E-state index contributed by atoms with van der Waals surface area (Å²) < 4.78 is 0. The molecule has 0 radical (unpaired) electrons. The molecule has 0 bridgehead atoms. The van der Waals surface area contributed by atoms with Crippen LogP contribution in [0.2, 0.25) is 5.15 Å². The maximum Gasteiger partial charge on any atom is 0.364 e. The first-order chi connectivity index (χ1) is 5.15. The summed E-state index contributed by atoms with van der Waals surface area (Å²) in [4.78, 5) is 13.3. The van der Waals surface area contributed by atoms with Gasteiger partial charge in [-0.25, -0.2) is 4.98 Å². The van der Waals surface area contributed by atoms with Gasteiger partial charge in [0.15, 0.2) is 5.13 Å². The number of halogens is 1. The molecule has 0 fully saturated rings. The van der Waals surface area contributed by atoms with Crippen molar-refractivity contribution in [2.24, 2.45) is 0 Å². The summed E-state index contributed by atoms with van der Waals surface area (Å²) in [6.07, 6.45) is 0. The van der Waals surface area contributed by atoms with E-state index in [0.29, 0.717) is 5.13 Å². The number of hydrogen-bond acceptors (Lipinski definition) is 5. The number of hydrogen-bond donors (Lipinski definition) is 1. The van der Waals surface area contributed by atoms with Gasteiger partial charge in [0, 0.05) is 7.05 Å². The Labute approximate surface area is 71.2 Å². The van der Waals surface area contributed by atoms with Crippen LogP contribution in [0.4, 0.5) is 10.1 Å². The van der Waals surface area contributed by atoms with Crippen LogP contribution in [-0.4, -0.2) is 17.0 Å². The van der Waals surface area contributed by atoms with Crippen molar-refractivity contribution in [2.75, 3.05) is 12.4 Å². The maximum atomic E-state index is 10.2. The Morgan fingerprint density at radius 3 is 2.73 bits per heavy atom. The molecular weight excluding hydrogens is 190 g/mol. The molecule has 0 aliphatic rings. The first kappa shape index (κ1) is 8.22. The molecule has 0 atom stereocenters. The van der Waals surface area contributed by atoms with Crippen molar-refractivity contribution in [3.05, 3.63) is 15.3 Å². The van der Waals surface area contributed by atoms with Crippen molar-refractivity contribution in [2.45, 2.75) is 0 Å². The normalized spacial score (nSPS) is 9.64. The number of nitrogens with one attached hydrogen (secondary N) is 1. The van der Waals surface area contributed by atoms with E-state index in [-0.39, 0.29) is 10.2 Å². The lowest BCUT2D eigenvalue weighted by Crippen LogP contribution is -1.83. The molecule has 60 valence electrons. The third-order valence-electron chi connectivity index (χ3n) is 0.949. The van der Waals surface area contributed by atoms with Gasteiger partial charge in [-0.3, -0.25) is 10.1 Å². The zero-order valence-corrected chi connectivity index (χ0v) is 7.07. The van der Waals surface area contributed by atoms with E-state index >= 15 is 0 Å². The Kier molecular flexibility index (Phi) is 2.25. The molecular formula is C4H4ClN3O2S. The Balaban J connectivity index is 3.07. The molecule has 7 heteroatoms. The number of aromatic nitrogens is 1. The number of nitro groups is 1. The van der Waals surface area contributed by atoms with Crippen molar-refractivity contribution < 1.29 is 4.92 Å². The van der Waals surface area contributed by atoms with Crippen LogP contribution in [0.15, 0.2) is 0 Å². The summed E-state index contributed by atoms with van der Waals surface area (Å²) in [5, 5.41) is 13.1. The predicted octanol–water partition coefficient (Wildman–Crippen LogP) is 1.75. The highest BCUT2D eigenvalue weighted by atomic mass is 35.5. The molecule has 0 saturated carbocycles. The minimum absolute atomic E-state index is 0.0654. The first-order valence-corrected chi connectivity index (χ1v) is 3.83. The molecule has 1 aromatic rings. The molecule has 0 amide bonds. The number of nitrogens with zero attached hydrogens (tertiary/aromatic N) is 2. The number of anilines is 1. The Morgan fingerprint density at radius 2 is 2.45 bits per heavy atom. The minimum atomic E-state index is -0.555. The van der Waals surface area contributed by atoms with Crippen molar-refractivity contribution >= 4 is 33.1 Å². The van der Waals surface area contributed by atoms with Gasteiger partial charge in [0.1, 0.15) is 0 Å². The van der Waals surface area contributed by atoms with Gasteiger partial charge in [0.2, 0.25) is 5.15 Å². The molecule has 0 aliphatic carbocycles. The van der Waals surface area contributed by atoms with Crippen molar-refractivity contribution in [1.29, 1.82) is 0 Å². The quantitative estimate of drug-likeness (QED) is 0.574. The molecule has 1 heterocycles. The van der Waals surface area contributed by atoms with Crippen LogP contribution >= 0.6 is 22.9 Å². The van der Waals surface area contributed by atoms with Gasteiger partial charge < -0.3 is 5.32 Å². The van der Waals surface area contributed by atoms with Crippen molar-refractivity contribution in [3.8, 4) is 0 Å². The van der Waals surface area contributed by atoms with E-state index in [1.807, 2.05) is 0 Å². The Hall–Kier alpha value is -0.880. The van der Waals surface area contributed by atoms with Crippen LogP contribution in [0.1, 0.15) is 0 Å². The monoisotopic (exact) mass is 193 g/mol. The van der Waals surface area contributed by atoms with Crippen LogP contribution in [0, 0.1) is 10.1 Å². The predicted molar refractivity (Wildman–Crippen MR) is 43.3 cm³/mol. The number of rotatable bonds is 2. The zero-order chi connectivity index (χ0) is 8.43. The molecule has 1 aromatic heterocycles. The smallest absolute Gasteiger partial charge is 0.364 e. The third-order valence-corrected chi connectivity index (χ3v) is 2.35. The second kappa shape index (κ2) is 3.02. The zero-order valence-electron chi connectivity index (χ0n) is 5.50. The minimum Gasteiger partial charge on any atom is -0.364 e. The summed E-state index contributed by atoms with van der Waals surface area (Å²) in [5.74, 6) is 0. The van der Waals surface area contributed by atoms with Gasteiger partial charge in [-0.1, -0.05) is 11.6 Å². The lowest BCUT2D eigenvalue weighted by Gasteiger charge is -1.84. The lowest BCUT2D eigenvalue weighted by atomic mass is 10.8. The average Bonchev–Trinajstić information content (AvgIpc) is 2.30. The third kappa shape index (κ3) is 1.58. The van der Waals surface area contributed by atoms with Gasteiger partial charge in [0.05, 0.1) is 4.92 Å². The van der Waals surface area contributed by atoms with E-state index < -0.39 is 4.92 Å². The highest BCUT2D eigenvalue weighted by molar-refractivity contribution is 7.19. The van der Waals surface area contributed by atoms with E-state index in [0.717, 1.165) is 11.3 Å². The van der Waals surface area contributed by atoms with E-state index in [9.17, 15) is 10.1 Å². The molecule has 0 unspecified atom stereocenters. The fourth-order valence-corrected chi connectivity index (χ4v) is 1.46. The van der Waals surface area contributed by atoms with E-state index in [1.54, 1.807) is 7.05 Å². The fourth-order valence-electron chi connectivity index (χ4n) is 0.513. The summed E-state index contributed by atoms with van der Waals surface area (Å²) in [5.41, 5.74) is 0. The second-order valence-electron chi connectivity index (χ2n) is 1.62. The molecule has 0 aliphatic heterocycles. The average molecular weight is 194 g/mol. The van der Waals surface area contributed by atoms with Gasteiger partial charge in [0.25, 0.3) is 0 Å². The van der Waals surface area contributed by atoms with Crippen LogP contribution in [0.3, 0.4) is 0 Å². The lowest BCUT2D eigenvalue weighted by molar-refractivity contribution is -0.380. The Morgan fingerprint density at radius 1 is 1.82 bits per heavy atom. The standard InChI is InChI=1S/C4H4ClN3O2S/c1-6-4-7-2(5)3(11-4)8(9)10/h1H3,(H,6,7). The van der Waals surface area contributed by atoms with Crippen molar-refractivity contribution in [3.63, 3.8) is 0 Å². The van der Waals surface area contributed by atoms with Gasteiger partial charge in [-0.15, -0.1) is 0 Å². The molecule has 1 N–H and O–H groups in total. The van der Waals surface area contributed by atoms with Crippen LogP contribution in [-0.2, 0) is 0 Å². The summed E-state index contributed by atoms with van der Waals surface area (Å²) in [6, 6.07) is 0. The molecule has 0 aromatic carbocycles. The van der Waals surface area contributed by atoms with Crippen LogP contribution in [0.5, 0.6) is 0 Å². The number of thiazole rings is 1. The molecule has 5 nitrogen and oxygen atoms in total. The highest BCUT2D eigenvalue weighted by Crippen LogP contribution is 2.33. The van der Waals surface area contributed by atoms with Gasteiger partial charge in [-0.05, 0) is 11.3 Å². The Bertz CT molecular complexity index is 287. The summed E-state index contributed by atoms with van der Waals surface area (Å²) in [7, 11) is 1.62. The second-order valence-corrected chi connectivity index (χ2v) is 2.96. The topological polar surface area (TPSA) is 68.1 Å². The largest absolute Gasteiger partial charge is 0.364 e. The van der Waals surface area contributed by atoms with E-state index in [2.05, 4.69) is 10.3 Å². The first-order valence-electron chi connectivity index (χ1n) is 2.63. The van der Waals surface area contributed by atoms with Gasteiger partial charge >= 0.3 is 5.00 Å². The highest BCUT2D eigenvalue weighted by Gasteiger charge is 2.18. The maximum absolute atomic E-state index is 10.2.